The summed E-state index contributed by atoms with van der Waals surface area (Å²) in [5.41, 5.74) is 0. The molecule has 0 heterocycles. The summed E-state index contributed by atoms with van der Waals surface area (Å²) in [4.78, 5) is 42.7. The van der Waals surface area contributed by atoms with Crippen molar-refractivity contribution in [3.8, 4) is 0 Å². The summed E-state index contributed by atoms with van der Waals surface area (Å²) < 4.78 is 26.3. The smallest absolute Gasteiger partial charge is 0.462 e. The summed E-state index contributed by atoms with van der Waals surface area (Å²) in [5.74, 6) is -0.894. The number of phosphoric ester groups is 1. The molecular formula is C38H71O8P. The molecule has 0 aliphatic carbocycles. The molecule has 0 spiro atoms. The lowest BCUT2D eigenvalue weighted by molar-refractivity contribution is -0.161. The van der Waals surface area contributed by atoms with Gasteiger partial charge in [0.05, 0.1) is 6.61 Å². The minimum atomic E-state index is -4.75. The van der Waals surface area contributed by atoms with Gasteiger partial charge >= 0.3 is 19.8 Å². The van der Waals surface area contributed by atoms with Crippen LogP contribution < -0.4 is 0 Å². The highest BCUT2D eigenvalue weighted by Crippen LogP contribution is 2.36. The molecule has 0 fully saturated rings. The Labute approximate surface area is 288 Å². The summed E-state index contributed by atoms with van der Waals surface area (Å²) in [7, 11) is -4.75. The van der Waals surface area contributed by atoms with E-state index < -0.39 is 32.5 Å². The maximum absolute atomic E-state index is 12.4. The zero-order valence-electron chi connectivity index (χ0n) is 30.2. The van der Waals surface area contributed by atoms with Crippen molar-refractivity contribution in [2.45, 2.75) is 193 Å². The highest BCUT2D eigenvalue weighted by molar-refractivity contribution is 7.46. The first-order chi connectivity index (χ1) is 22.8. The van der Waals surface area contributed by atoms with Gasteiger partial charge in [-0.1, -0.05) is 141 Å². The van der Waals surface area contributed by atoms with Crippen LogP contribution in [-0.4, -0.2) is 41.0 Å². The van der Waals surface area contributed by atoms with Crippen LogP contribution in [-0.2, 0) is 28.2 Å². The van der Waals surface area contributed by atoms with Crippen LogP contribution >= 0.6 is 7.82 Å². The van der Waals surface area contributed by atoms with Crippen LogP contribution in [0.15, 0.2) is 24.3 Å². The Kier molecular flexibility index (Phi) is 33.3. The molecule has 47 heavy (non-hydrogen) atoms. The number of rotatable bonds is 35. The molecule has 0 aromatic heterocycles. The van der Waals surface area contributed by atoms with E-state index in [1.54, 1.807) is 0 Å². The second-order valence-electron chi connectivity index (χ2n) is 12.9. The monoisotopic (exact) mass is 686 g/mol. The summed E-state index contributed by atoms with van der Waals surface area (Å²) in [6.07, 6.45) is 37.5. The molecule has 0 aromatic carbocycles. The lowest BCUT2D eigenvalue weighted by atomic mass is 10.1. The lowest BCUT2D eigenvalue weighted by Gasteiger charge is -2.18. The average Bonchev–Trinajstić information content (AvgIpc) is 3.03. The molecule has 0 radical (unpaired) electrons. The van der Waals surface area contributed by atoms with Crippen LogP contribution in [0.2, 0.25) is 0 Å². The van der Waals surface area contributed by atoms with Gasteiger partial charge in [0, 0.05) is 12.8 Å². The summed E-state index contributed by atoms with van der Waals surface area (Å²) in [6, 6.07) is 0. The Hall–Kier alpha value is -1.47. The first-order valence-electron chi connectivity index (χ1n) is 19.1. The molecule has 2 N–H and O–H groups in total. The normalized spacial score (nSPS) is 12.7. The lowest BCUT2D eigenvalue weighted by Crippen LogP contribution is -2.29. The number of phosphoric acid groups is 1. The second kappa shape index (κ2) is 34.4. The van der Waals surface area contributed by atoms with Crippen LogP contribution in [0.5, 0.6) is 0 Å². The van der Waals surface area contributed by atoms with Crippen LogP contribution in [0.25, 0.3) is 0 Å². The maximum atomic E-state index is 12.4. The molecule has 276 valence electrons. The third-order valence-electron chi connectivity index (χ3n) is 8.19. The van der Waals surface area contributed by atoms with Crippen LogP contribution in [0.4, 0.5) is 0 Å². The van der Waals surface area contributed by atoms with E-state index in [0.717, 1.165) is 51.4 Å². The Bertz CT molecular complexity index is 823. The Morgan fingerprint density at radius 2 is 0.915 bits per heavy atom. The average molecular weight is 687 g/mol. The highest BCUT2D eigenvalue weighted by Gasteiger charge is 2.22. The SMILES string of the molecule is CCCC/C=C/CCCCCCCCCCCC(=O)O[C@H](COC(=O)CCCCCCC/C=C/CCCCCCC)COP(=O)(O)O. The molecule has 0 saturated carbocycles. The maximum Gasteiger partial charge on any atom is 0.469 e. The van der Waals surface area contributed by atoms with Gasteiger partial charge in [-0.2, -0.15) is 0 Å². The van der Waals surface area contributed by atoms with Gasteiger partial charge in [-0.25, -0.2) is 4.57 Å². The zero-order chi connectivity index (χ0) is 34.7. The number of carbonyl (C=O) groups excluding carboxylic acids is 2. The van der Waals surface area contributed by atoms with Crippen LogP contribution in [0, 0.1) is 0 Å². The minimum Gasteiger partial charge on any atom is -0.462 e. The van der Waals surface area contributed by atoms with Crippen molar-refractivity contribution < 1.29 is 37.9 Å². The fourth-order valence-electron chi connectivity index (χ4n) is 5.29. The Morgan fingerprint density at radius 1 is 0.532 bits per heavy atom. The van der Waals surface area contributed by atoms with Gasteiger partial charge in [-0.15, -0.1) is 0 Å². The molecule has 0 aromatic rings. The fourth-order valence-corrected chi connectivity index (χ4v) is 5.65. The Morgan fingerprint density at radius 3 is 1.36 bits per heavy atom. The van der Waals surface area contributed by atoms with Gasteiger partial charge in [0.25, 0.3) is 0 Å². The van der Waals surface area contributed by atoms with Gasteiger partial charge in [0.1, 0.15) is 6.61 Å². The molecule has 0 saturated heterocycles. The summed E-state index contributed by atoms with van der Waals surface area (Å²) in [5, 5.41) is 0. The number of esters is 2. The van der Waals surface area contributed by atoms with Crippen molar-refractivity contribution in [2.24, 2.45) is 0 Å². The topological polar surface area (TPSA) is 119 Å². The van der Waals surface area contributed by atoms with Gasteiger partial charge in [-0.3, -0.25) is 14.1 Å². The van der Waals surface area contributed by atoms with E-state index in [1.807, 2.05) is 0 Å². The van der Waals surface area contributed by atoms with Crippen molar-refractivity contribution >= 4 is 19.8 Å². The van der Waals surface area contributed by atoms with E-state index in [9.17, 15) is 14.2 Å². The number of unbranched alkanes of at least 4 members (excludes halogenated alkanes) is 21. The largest absolute Gasteiger partial charge is 0.469 e. The third kappa shape index (κ3) is 37.2. The van der Waals surface area contributed by atoms with Crippen molar-refractivity contribution in [3.05, 3.63) is 24.3 Å². The number of hydrogen-bond donors (Lipinski definition) is 2. The zero-order valence-corrected chi connectivity index (χ0v) is 31.1. The molecule has 0 amide bonds. The fraction of sp³-hybridized carbons (Fsp3) is 0.842. The Balaban J connectivity index is 3.96. The quantitative estimate of drug-likeness (QED) is 0.0292. The third-order valence-corrected chi connectivity index (χ3v) is 8.68. The van der Waals surface area contributed by atoms with Gasteiger partial charge in [-0.05, 0) is 57.8 Å². The van der Waals surface area contributed by atoms with Gasteiger partial charge in [0.15, 0.2) is 6.10 Å². The van der Waals surface area contributed by atoms with Gasteiger partial charge in [0.2, 0.25) is 0 Å². The standard InChI is InChI=1S/C38H71O8P/c1-3-5-7-9-11-13-15-17-19-21-23-25-27-29-31-33-38(40)46-36(35-45-47(41,42)43)34-44-37(39)32-30-28-26-24-22-20-18-16-14-12-10-8-6-4-2/h9,11,16,18,36H,3-8,10,12-15,17,19-35H2,1-2H3,(H2,41,42,43)/b11-9+,18-16+/t36-/m1/s1. The van der Waals surface area contributed by atoms with Crippen LogP contribution in [0.3, 0.4) is 0 Å². The molecule has 0 rings (SSSR count). The first-order valence-corrected chi connectivity index (χ1v) is 20.7. The van der Waals surface area contributed by atoms with Crippen LogP contribution in [0.1, 0.15) is 187 Å². The van der Waals surface area contributed by atoms with E-state index in [0.29, 0.717) is 12.8 Å². The first kappa shape index (κ1) is 45.5. The van der Waals surface area contributed by atoms with E-state index in [2.05, 4.69) is 42.7 Å². The van der Waals surface area contributed by atoms with Crippen molar-refractivity contribution in [1.29, 1.82) is 0 Å². The van der Waals surface area contributed by atoms with Crippen molar-refractivity contribution in [3.63, 3.8) is 0 Å². The van der Waals surface area contributed by atoms with E-state index in [1.165, 1.54) is 96.3 Å². The minimum absolute atomic E-state index is 0.209. The summed E-state index contributed by atoms with van der Waals surface area (Å²) in [6.45, 7) is 3.63. The van der Waals surface area contributed by atoms with E-state index in [-0.39, 0.29) is 19.4 Å². The predicted molar refractivity (Wildman–Crippen MR) is 193 cm³/mol. The number of hydrogen-bond acceptors (Lipinski definition) is 6. The number of carbonyl (C=O) groups is 2. The molecule has 0 unspecified atom stereocenters. The van der Waals surface area contributed by atoms with E-state index in [4.69, 9.17) is 19.3 Å². The summed E-state index contributed by atoms with van der Waals surface area (Å²) >= 11 is 0. The molecule has 0 bridgehead atoms. The molecular weight excluding hydrogens is 615 g/mol. The molecule has 8 nitrogen and oxygen atoms in total. The number of ether oxygens (including phenoxy) is 2. The highest BCUT2D eigenvalue weighted by atomic mass is 31.2. The number of allylic oxidation sites excluding steroid dienone is 4. The van der Waals surface area contributed by atoms with Crippen molar-refractivity contribution in [1.82, 2.24) is 0 Å². The van der Waals surface area contributed by atoms with Crippen molar-refractivity contribution in [2.75, 3.05) is 13.2 Å². The predicted octanol–water partition coefficient (Wildman–Crippen LogP) is 11.2. The molecule has 9 heteroatoms. The van der Waals surface area contributed by atoms with Gasteiger partial charge < -0.3 is 19.3 Å². The molecule has 0 aliphatic rings. The molecule has 1 atom stereocenters. The van der Waals surface area contributed by atoms with E-state index >= 15 is 0 Å². The molecule has 0 aliphatic heterocycles. The second-order valence-corrected chi connectivity index (χ2v) is 14.1.